The molecule has 0 saturated heterocycles. The van der Waals surface area contributed by atoms with E-state index in [9.17, 15) is 4.79 Å². The van der Waals surface area contributed by atoms with Crippen molar-refractivity contribution in [3.05, 3.63) is 45.2 Å². The Morgan fingerprint density at radius 2 is 2.00 bits per heavy atom. The van der Waals surface area contributed by atoms with Gasteiger partial charge in [0, 0.05) is 15.2 Å². The molecule has 94 valence electrons. The number of carbonyl (C=O) groups excluding carboxylic acids is 1. The van der Waals surface area contributed by atoms with E-state index in [2.05, 4.69) is 33.1 Å². The first kappa shape index (κ1) is 13.1. The first-order valence-electron chi connectivity index (χ1n) is 5.60. The zero-order valence-electron chi connectivity index (χ0n) is 10.1. The second-order valence-electron chi connectivity index (χ2n) is 4.23. The van der Waals surface area contributed by atoms with Crippen LogP contribution in [0.15, 0.2) is 34.9 Å². The molecular formula is C13H13IN2O2. The van der Waals surface area contributed by atoms with Crippen LogP contribution in [0, 0.1) is 3.57 Å². The summed E-state index contributed by atoms with van der Waals surface area (Å²) in [6, 6.07) is 9.06. The van der Waals surface area contributed by atoms with Crippen molar-refractivity contribution in [1.82, 2.24) is 5.16 Å². The van der Waals surface area contributed by atoms with E-state index in [1.165, 1.54) is 0 Å². The fourth-order valence-electron chi connectivity index (χ4n) is 1.41. The van der Waals surface area contributed by atoms with Crippen LogP contribution in [0.25, 0.3) is 0 Å². The number of nitrogens with zero attached hydrogens (tertiary/aromatic N) is 1. The maximum Gasteiger partial charge on any atom is 0.258 e. The van der Waals surface area contributed by atoms with Crippen molar-refractivity contribution in [2.24, 2.45) is 0 Å². The number of amides is 1. The smallest absolute Gasteiger partial charge is 0.258 e. The number of benzene rings is 1. The van der Waals surface area contributed by atoms with Gasteiger partial charge in [0.05, 0.1) is 5.69 Å². The lowest BCUT2D eigenvalue weighted by atomic mass is 10.1. The Balaban J connectivity index is 2.08. The molecule has 1 aromatic heterocycles. The monoisotopic (exact) mass is 356 g/mol. The predicted octanol–water partition coefficient (Wildman–Crippen LogP) is 3.65. The summed E-state index contributed by atoms with van der Waals surface area (Å²) < 4.78 is 6.15. The summed E-state index contributed by atoms with van der Waals surface area (Å²) >= 11 is 2.19. The molecule has 1 amide bonds. The average Bonchev–Trinajstić information content (AvgIpc) is 2.78. The van der Waals surface area contributed by atoms with E-state index in [4.69, 9.17) is 4.52 Å². The molecule has 0 fully saturated rings. The molecule has 2 rings (SSSR count). The molecule has 1 aromatic carbocycles. The van der Waals surface area contributed by atoms with Crippen LogP contribution in [-0.2, 0) is 0 Å². The minimum atomic E-state index is -0.196. The van der Waals surface area contributed by atoms with Crippen LogP contribution >= 0.6 is 22.6 Å². The third kappa shape index (κ3) is 3.10. The van der Waals surface area contributed by atoms with Crippen molar-refractivity contribution in [3.63, 3.8) is 0 Å². The van der Waals surface area contributed by atoms with E-state index < -0.39 is 0 Å². The SMILES string of the molecule is CC(C)c1cc(NC(=O)c2ccc(I)cc2)on1. The van der Waals surface area contributed by atoms with Crippen LogP contribution in [0.5, 0.6) is 0 Å². The van der Waals surface area contributed by atoms with Gasteiger partial charge in [-0.15, -0.1) is 0 Å². The minimum absolute atomic E-state index is 0.196. The fourth-order valence-corrected chi connectivity index (χ4v) is 1.76. The van der Waals surface area contributed by atoms with Gasteiger partial charge in [-0.2, -0.15) is 0 Å². The summed E-state index contributed by atoms with van der Waals surface area (Å²) in [5.41, 5.74) is 1.42. The highest BCUT2D eigenvalue weighted by Gasteiger charge is 2.11. The van der Waals surface area contributed by atoms with Gasteiger partial charge in [-0.1, -0.05) is 19.0 Å². The highest BCUT2D eigenvalue weighted by Crippen LogP contribution is 2.18. The molecule has 0 radical (unpaired) electrons. The third-order valence-electron chi connectivity index (χ3n) is 2.46. The predicted molar refractivity (Wildman–Crippen MR) is 77.7 cm³/mol. The van der Waals surface area contributed by atoms with Gasteiger partial charge in [-0.25, -0.2) is 0 Å². The van der Waals surface area contributed by atoms with Gasteiger partial charge in [0.1, 0.15) is 0 Å². The summed E-state index contributed by atoms with van der Waals surface area (Å²) in [4.78, 5) is 11.9. The van der Waals surface area contributed by atoms with Gasteiger partial charge in [-0.05, 0) is 52.8 Å². The summed E-state index contributed by atoms with van der Waals surface area (Å²) in [7, 11) is 0. The Morgan fingerprint density at radius 3 is 2.56 bits per heavy atom. The first-order chi connectivity index (χ1) is 8.56. The Morgan fingerprint density at radius 1 is 1.33 bits per heavy atom. The summed E-state index contributed by atoms with van der Waals surface area (Å²) in [6.07, 6.45) is 0. The quantitative estimate of drug-likeness (QED) is 0.854. The molecule has 0 unspecified atom stereocenters. The molecule has 0 spiro atoms. The largest absolute Gasteiger partial charge is 0.338 e. The lowest BCUT2D eigenvalue weighted by Gasteiger charge is -2.00. The van der Waals surface area contributed by atoms with Crippen molar-refractivity contribution in [2.45, 2.75) is 19.8 Å². The second kappa shape index (κ2) is 5.51. The van der Waals surface area contributed by atoms with Gasteiger partial charge < -0.3 is 4.52 Å². The van der Waals surface area contributed by atoms with Crippen LogP contribution < -0.4 is 5.32 Å². The van der Waals surface area contributed by atoms with Crippen molar-refractivity contribution >= 4 is 34.4 Å². The van der Waals surface area contributed by atoms with E-state index in [1.807, 2.05) is 26.0 Å². The first-order valence-corrected chi connectivity index (χ1v) is 6.67. The second-order valence-corrected chi connectivity index (χ2v) is 5.48. The van der Waals surface area contributed by atoms with Crippen LogP contribution in [0.3, 0.4) is 0 Å². The van der Waals surface area contributed by atoms with Crippen LogP contribution in [0.1, 0.15) is 35.8 Å². The molecule has 4 nitrogen and oxygen atoms in total. The topological polar surface area (TPSA) is 55.1 Å². The zero-order valence-corrected chi connectivity index (χ0v) is 12.3. The Labute approximate surface area is 119 Å². The summed E-state index contributed by atoms with van der Waals surface area (Å²) in [5.74, 6) is 0.456. The summed E-state index contributed by atoms with van der Waals surface area (Å²) in [5, 5.41) is 6.57. The Bertz CT molecular complexity index is 546. The number of halogens is 1. The molecule has 1 N–H and O–H groups in total. The van der Waals surface area contributed by atoms with E-state index >= 15 is 0 Å². The minimum Gasteiger partial charge on any atom is -0.338 e. The van der Waals surface area contributed by atoms with Gasteiger partial charge in [0.25, 0.3) is 5.91 Å². The molecule has 0 aliphatic carbocycles. The molecule has 2 aromatic rings. The number of nitrogens with one attached hydrogen (secondary N) is 1. The molecule has 0 saturated carbocycles. The molecular weight excluding hydrogens is 343 g/mol. The number of rotatable bonds is 3. The molecule has 0 aliphatic rings. The maximum atomic E-state index is 11.9. The number of anilines is 1. The Kier molecular flexibility index (Phi) is 4.00. The standard InChI is InChI=1S/C13H13IN2O2/c1-8(2)11-7-12(18-16-11)15-13(17)9-3-5-10(14)6-4-9/h3-8H,1-2H3,(H,15,17). The van der Waals surface area contributed by atoms with E-state index in [-0.39, 0.29) is 11.8 Å². The lowest BCUT2D eigenvalue weighted by Crippen LogP contribution is -2.11. The van der Waals surface area contributed by atoms with Crippen molar-refractivity contribution < 1.29 is 9.32 Å². The highest BCUT2D eigenvalue weighted by atomic mass is 127. The van der Waals surface area contributed by atoms with Crippen LogP contribution in [0.4, 0.5) is 5.88 Å². The zero-order chi connectivity index (χ0) is 13.1. The highest BCUT2D eigenvalue weighted by molar-refractivity contribution is 14.1. The van der Waals surface area contributed by atoms with Gasteiger partial charge in [0.2, 0.25) is 5.88 Å². The van der Waals surface area contributed by atoms with Crippen molar-refractivity contribution in [1.29, 1.82) is 0 Å². The molecule has 5 heteroatoms. The normalized spacial score (nSPS) is 10.7. The third-order valence-corrected chi connectivity index (χ3v) is 3.18. The van der Waals surface area contributed by atoms with Gasteiger partial charge >= 0.3 is 0 Å². The van der Waals surface area contributed by atoms with E-state index in [0.29, 0.717) is 11.4 Å². The molecule has 0 aliphatic heterocycles. The van der Waals surface area contributed by atoms with Crippen LogP contribution in [-0.4, -0.2) is 11.1 Å². The van der Waals surface area contributed by atoms with Crippen molar-refractivity contribution in [2.75, 3.05) is 5.32 Å². The molecule has 0 atom stereocenters. The summed E-state index contributed by atoms with van der Waals surface area (Å²) in [6.45, 7) is 4.03. The van der Waals surface area contributed by atoms with Gasteiger partial charge in [-0.3, -0.25) is 10.1 Å². The fraction of sp³-hybridized carbons (Fsp3) is 0.231. The number of carbonyl (C=O) groups is 1. The number of aromatic nitrogens is 1. The van der Waals surface area contributed by atoms with E-state index in [1.54, 1.807) is 18.2 Å². The molecule has 0 bridgehead atoms. The number of hydrogen-bond acceptors (Lipinski definition) is 3. The van der Waals surface area contributed by atoms with Crippen LogP contribution in [0.2, 0.25) is 0 Å². The molecule has 1 heterocycles. The maximum absolute atomic E-state index is 11.9. The Hall–Kier alpha value is -1.37. The van der Waals surface area contributed by atoms with Gasteiger partial charge in [0.15, 0.2) is 0 Å². The lowest BCUT2D eigenvalue weighted by molar-refractivity contribution is 0.102. The average molecular weight is 356 g/mol. The van der Waals surface area contributed by atoms with Crippen molar-refractivity contribution in [3.8, 4) is 0 Å². The number of hydrogen-bond donors (Lipinski definition) is 1. The van der Waals surface area contributed by atoms with E-state index in [0.717, 1.165) is 9.26 Å². The molecule has 18 heavy (non-hydrogen) atoms.